The molecule has 0 amide bonds. The summed E-state index contributed by atoms with van der Waals surface area (Å²) in [6.07, 6.45) is 0. The van der Waals surface area contributed by atoms with E-state index in [0.717, 1.165) is 0 Å². The van der Waals surface area contributed by atoms with Gasteiger partial charge in [-0.1, -0.05) is 18.2 Å². The second-order valence-corrected chi connectivity index (χ2v) is 6.66. The van der Waals surface area contributed by atoms with Crippen LogP contribution in [0.5, 0.6) is 5.75 Å². The summed E-state index contributed by atoms with van der Waals surface area (Å²) in [6.45, 7) is 0.0867. The molecule has 2 aromatic carbocycles. The van der Waals surface area contributed by atoms with Crippen molar-refractivity contribution < 1.29 is 13.2 Å². The number of hydrogen-bond acceptors (Lipinski definition) is 4. The first kappa shape index (κ1) is 15.2. The summed E-state index contributed by atoms with van der Waals surface area (Å²) < 4.78 is 31.1. The number of rotatable bonds is 6. The fourth-order valence-corrected chi connectivity index (χ4v) is 2.78. The average molecular weight is 306 g/mol. The van der Waals surface area contributed by atoms with Gasteiger partial charge in [0.1, 0.15) is 18.1 Å². The van der Waals surface area contributed by atoms with E-state index < -0.39 is 10.0 Å². The van der Waals surface area contributed by atoms with Crippen LogP contribution < -0.4 is 14.8 Å². The first-order chi connectivity index (χ1) is 9.99. The van der Waals surface area contributed by atoms with Gasteiger partial charge in [0.25, 0.3) is 0 Å². The maximum atomic E-state index is 12.2. The molecule has 2 N–H and O–H groups in total. The number of nitrogen functional groups attached to an aromatic ring is 1. The molecular formula is C15H18N2O3S. The highest BCUT2D eigenvalue weighted by Gasteiger charge is 2.18. The number of para-hydroxylation sites is 1. The minimum Gasteiger partial charge on any atom is -0.492 e. The van der Waals surface area contributed by atoms with Gasteiger partial charge in [0.15, 0.2) is 0 Å². The van der Waals surface area contributed by atoms with E-state index in [0.29, 0.717) is 17.1 Å². The Labute approximate surface area is 125 Å². The summed E-state index contributed by atoms with van der Waals surface area (Å²) in [4.78, 5) is 0. The molecule has 0 unspecified atom stereocenters. The van der Waals surface area contributed by atoms with Crippen molar-refractivity contribution in [2.75, 3.05) is 29.4 Å². The molecule has 0 saturated heterocycles. The van der Waals surface area contributed by atoms with Crippen LogP contribution in [0.2, 0.25) is 0 Å². The lowest BCUT2D eigenvalue weighted by atomic mass is 10.3. The Hall–Kier alpha value is -2.21. The molecule has 6 heteroatoms. The van der Waals surface area contributed by atoms with Crippen molar-refractivity contribution in [1.82, 2.24) is 0 Å². The molecule has 0 bridgehead atoms. The summed E-state index contributed by atoms with van der Waals surface area (Å²) in [6, 6.07) is 15.8. The minimum atomic E-state index is -3.41. The van der Waals surface area contributed by atoms with Crippen molar-refractivity contribution in [3.8, 4) is 5.75 Å². The normalized spacial score (nSPS) is 11.1. The van der Waals surface area contributed by atoms with Gasteiger partial charge < -0.3 is 10.5 Å². The van der Waals surface area contributed by atoms with Crippen molar-refractivity contribution in [2.24, 2.45) is 0 Å². The quantitative estimate of drug-likeness (QED) is 0.830. The lowest BCUT2D eigenvalue weighted by Gasteiger charge is -2.19. The predicted molar refractivity (Wildman–Crippen MR) is 85.0 cm³/mol. The van der Waals surface area contributed by atoms with Crippen LogP contribution >= 0.6 is 0 Å². The van der Waals surface area contributed by atoms with Crippen molar-refractivity contribution >= 4 is 21.4 Å². The van der Waals surface area contributed by atoms with Gasteiger partial charge in [0.2, 0.25) is 10.0 Å². The Morgan fingerprint density at radius 1 is 1.05 bits per heavy atom. The monoisotopic (exact) mass is 306 g/mol. The molecule has 0 aliphatic carbocycles. The summed E-state index contributed by atoms with van der Waals surface area (Å²) >= 11 is 0. The smallest absolute Gasteiger partial charge is 0.238 e. The first-order valence-electron chi connectivity index (χ1n) is 6.49. The Kier molecular flexibility index (Phi) is 4.70. The van der Waals surface area contributed by atoms with E-state index in [1.54, 1.807) is 48.5 Å². The van der Waals surface area contributed by atoms with E-state index in [1.807, 2.05) is 6.07 Å². The summed E-state index contributed by atoms with van der Waals surface area (Å²) in [7, 11) is -1.87. The summed E-state index contributed by atoms with van der Waals surface area (Å²) in [5.41, 5.74) is 6.84. The fraction of sp³-hybridized carbons (Fsp3) is 0.200. The molecule has 21 heavy (non-hydrogen) atoms. The second-order valence-electron chi connectivity index (χ2n) is 4.54. The number of ether oxygens (including phenoxy) is 1. The van der Waals surface area contributed by atoms with Gasteiger partial charge in [-0.2, -0.15) is 0 Å². The SMILES string of the molecule is CN(c1ccccc1)S(=O)(=O)CCOc1ccc(N)cc1. The highest BCUT2D eigenvalue weighted by Crippen LogP contribution is 2.16. The highest BCUT2D eigenvalue weighted by molar-refractivity contribution is 7.92. The third kappa shape index (κ3) is 4.13. The van der Waals surface area contributed by atoms with Crippen molar-refractivity contribution in [2.45, 2.75) is 0 Å². The van der Waals surface area contributed by atoms with Crippen molar-refractivity contribution in [3.63, 3.8) is 0 Å². The standard InChI is InChI=1S/C15H18N2O3S/c1-17(14-5-3-2-4-6-14)21(18,19)12-11-20-15-9-7-13(16)8-10-15/h2-10H,11-12,16H2,1H3. The summed E-state index contributed by atoms with van der Waals surface area (Å²) in [5, 5.41) is 0. The maximum absolute atomic E-state index is 12.2. The van der Waals surface area contributed by atoms with Crippen LogP contribution in [0.4, 0.5) is 11.4 Å². The molecule has 0 aliphatic rings. The molecular weight excluding hydrogens is 288 g/mol. The Morgan fingerprint density at radius 2 is 1.67 bits per heavy atom. The summed E-state index contributed by atoms with van der Waals surface area (Å²) in [5.74, 6) is 0.504. The lowest BCUT2D eigenvalue weighted by Crippen LogP contribution is -2.31. The van der Waals surface area contributed by atoms with Gasteiger partial charge >= 0.3 is 0 Å². The van der Waals surface area contributed by atoms with Crippen LogP contribution in [0.15, 0.2) is 54.6 Å². The minimum absolute atomic E-state index is 0.0867. The van der Waals surface area contributed by atoms with E-state index in [1.165, 1.54) is 11.4 Å². The van der Waals surface area contributed by atoms with Gasteiger partial charge in [-0.05, 0) is 36.4 Å². The lowest BCUT2D eigenvalue weighted by molar-refractivity contribution is 0.341. The number of hydrogen-bond donors (Lipinski definition) is 1. The Balaban J connectivity index is 1.94. The Bertz CT molecular complexity index is 670. The third-order valence-electron chi connectivity index (χ3n) is 3.03. The van der Waals surface area contributed by atoms with E-state index >= 15 is 0 Å². The van der Waals surface area contributed by atoms with Crippen LogP contribution in [-0.4, -0.2) is 27.8 Å². The number of anilines is 2. The van der Waals surface area contributed by atoms with Crippen molar-refractivity contribution in [1.29, 1.82) is 0 Å². The molecule has 0 aromatic heterocycles. The van der Waals surface area contributed by atoms with E-state index in [-0.39, 0.29) is 12.4 Å². The van der Waals surface area contributed by atoms with Crippen LogP contribution in [0.25, 0.3) is 0 Å². The molecule has 0 spiro atoms. The van der Waals surface area contributed by atoms with E-state index in [2.05, 4.69) is 0 Å². The van der Waals surface area contributed by atoms with Crippen LogP contribution in [0, 0.1) is 0 Å². The number of nitrogens with zero attached hydrogens (tertiary/aromatic N) is 1. The number of benzene rings is 2. The molecule has 0 saturated carbocycles. The Morgan fingerprint density at radius 3 is 2.29 bits per heavy atom. The number of sulfonamides is 1. The second kappa shape index (κ2) is 6.49. The van der Waals surface area contributed by atoms with Gasteiger partial charge in [-0.3, -0.25) is 4.31 Å². The van der Waals surface area contributed by atoms with E-state index in [4.69, 9.17) is 10.5 Å². The largest absolute Gasteiger partial charge is 0.492 e. The molecule has 112 valence electrons. The van der Waals surface area contributed by atoms with Gasteiger partial charge in [0, 0.05) is 12.7 Å². The third-order valence-corrected chi connectivity index (χ3v) is 4.76. The number of nitrogens with two attached hydrogens (primary N) is 1. The average Bonchev–Trinajstić information content (AvgIpc) is 2.49. The molecule has 2 rings (SSSR count). The molecule has 5 nitrogen and oxygen atoms in total. The highest BCUT2D eigenvalue weighted by atomic mass is 32.2. The molecule has 0 radical (unpaired) electrons. The van der Waals surface area contributed by atoms with Gasteiger partial charge in [-0.15, -0.1) is 0 Å². The van der Waals surface area contributed by atoms with Crippen molar-refractivity contribution in [3.05, 3.63) is 54.6 Å². The molecule has 0 atom stereocenters. The van der Waals surface area contributed by atoms with Gasteiger partial charge in [0.05, 0.1) is 5.69 Å². The predicted octanol–water partition coefficient (Wildman–Crippen LogP) is 2.11. The molecule has 0 heterocycles. The molecule has 2 aromatic rings. The molecule has 0 aliphatic heterocycles. The van der Waals surface area contributed by atoms with Crippen LogP contribution in [0.3, 0.4) is 0 Å². The topological polar surface area (TPSA) is 72.6 Å². The maximum Gasteiger partial charge on any atom is 0.238 e. The van der Waals surface area contributed by atoms with E-state index in [9.17, 15) is 8.42 Å². The fourth-order valence-electron chi connectivity index (χ4n) is 1.76. The zero-order valence-corrected chi connectivity index (χ0v) is 12.6. The first-order valence-corrected chi connectivity index (χ1v) is 8.10. The zero-order valence-electron chi connectivity index (χ0n) is 11.8. The molecule has 0 fully saturated rings. The zero-order chi connectivity index (χ0) is 15.3. The van der Waals surface area contributed by atoms with Crippen LogP contribution in [-0.2, 0) is 10.0 Å². The van der Waals surface area contributed by atoms with Crippen LogP contribution in [0.1, 0.15) is 0 Å². The van der Waals surface area contributed by atoms with Gasteiger partial charge in [-0.25, -0.2) is 8.42 Å².